The molecule has 0 saturated carbocycles. The van der Waals surface area contributed by atoms with Gasteiger partial charge in [0.25, 0.3) is 0 Å². The molecule has 0 aliphatic carbocycles. The van der Waals surface area contributed by atoms with Crippen molar-refractivity contribution >= 4 is 17.5 Å². The Balaban J connectivity index is 2.15. The Bertz CT molecular complexity index is 568. The minimum atomic E-state index is 0.0896. The molecular formula is C15H20ClN3O. The van der Waals surface area contributed by atoms with Crippen LogP contribution in [0.3, 0.4) is 0 Å². The number of rotatable bonds is 6. The lowest BCUT2D eigenvalue weighted by Crippen LogP contribution is -2.13. The summed E-state index contributed by atoms with van der Waals surface area (Å²) in [7, 11) is 1.70. The minimum Gasteiger partial charge on any atom is -0.383 e. The summed E-state index contributed by atoms with van der Waals surface area (Å²) in [5, 5.41) is 4.17. The van der Waals surface area contributed by atoms with Crippen LogP contribution < -0.4 is 5.32 Å². The molecule has 1 N–H and O–H groups in total. The van der Waals surface area contributed by atoms with Crippen molar-refractivity contribution in [1.82, 2.24) is 9.55 Å². The van der Waals surface area contributed by atoms with Crippen LogP contribution in [-0.4, -0.2) is 23.3 Å². The van der Waals surface area contributed by atoms with Gasteiger partial charge < -0.3 is 14.6 Å². The van der Waals surface area contributed by atoms with Crippen molar-refractivity contribution < 1.29 is 4.74 Å². The fraction of sp³-hybridized carbons (Fsp3) is 0.400. The molecule has 108 valence electrons. The van der Waals surface area contributed by atoms with E-state index in [1.807, 2.05) is 37.4 Å². The second kappa shape index (κ2) is 6.77. The summed E-state index contributed by atoms with van der Waals surface area (Å²) >= 11 is 6.23. The smallest absolute Gasteiger partial charge is 0.203 e. The van der Waals surface area contributed by atoms with Gasteiger partial charge in [0, 0.05) is 24.9 Å². The number of ether oxygens (including phenoxy) is 1. The molecular weight excluding hydrogens is 274 g/mol. The average Bonchev–Trinajstić information content (AvgIpc) is 2.76. The fourth-order valence-electron chi connectivity index (χ4n) is 2.12. The maximum absolute atomic E-state index is 6.23. The van der Waals surface area contributed by atoms with Crippen LogP contribution in [0.5, 0.6) is 0 Å². The molecule has 0 radical (unpaired) electrons. The van der Waals surface area contributed by atoms with Gasteiger partial charge in [0.2, 0.25) is 5.95 Å². The number of methoxy groups -OCH3 is 1. The molecule has 0 bridgehead atoms. The Hall–Kier alpha value is -1.52. The van der Waals surface area contributed by atoms with Gasteiger partial charge in [-0.25, -0.2) is 4.98 Å². The molecule has 1 unspecified atom stereocenters. The number of benzene rings is 1. The molecule has 0 aliphatic heterocycles. The number of halogens is 1. The molecule has 0 saturated heterocycles. The average molecular weight is 294 g/mol. The highest BCUT2D eigenvalue weighted by atomic mass is 35.5. The first-order valence-electron chi connectivity index (χ1n) is 6.65. The van der Waals surface area contributed by atoms with Gasteiger partial charge >= 0.3 is 0 Å². The summed E-state index contributed by atoms with van der Waals surface area (Å²) in [5.41, 5.74) is 2.04. The normalized spacial score (nSPS) is 12.4. The van der Waals surface area contributed by atoms with Crippen molar-refractivity contribution in [2.24, 2.45) is 0 Å². The van der Waals surface area contributed by atoms with E-state index >= 15 is 0 Å². The highest BCUT2D eigenvalue weighted by Crippen LogP contribution is 2.25. The van der Waals surface area contributed by atoms with E-state index in [1.54, 1.807) is 7.11 Å². The quantitative estimate of drug-likeness (QED) is 0.883. The number of nitrogens with zero attached hydrogens (tertiary/aromatic N) is 2. The maximum atomic E-state index is 6.23. The van der Waals surface area contributed by atoms with Crippen LogP contribution in [0.25, 0.3) is 0 Å². The standard InChI is InChI=1S/C15H20ClN3O/c1-11-10-19(8-9-20-3)15(17-11)18-12(2)13-6-4-5-7-14(13)16/h4-7,10,12H,8-9H2,1-3H3,(H,17,18). The lowest BCUT2D eigenvalue weighted by molar-refractivity contribution is 0.187. The van der Waals surface area contributed by atoms with Gasteiger partial charge in [-0.05, 0) is 25.5 Å². The Labute approximate surface area is 124 Å². The Kier molecular flexibility index (Phi) is 5.04. The molecule has 0 fully saturated rings. The Morgan fingerprint density at radius 3 is 2.85 bits per heavy atom. The van der Waals surface area contributed by atoms with Crippen molar-refractivity contribution in [2.45, 2.75) is 26.4 Å². The summed E-state index contributed by atoms with van der Waals surface area (Å²) in [6.07, 6.45) is 2.01. The number of aromatic nitrogens is 2. The lowest BCUT2D eigenvalue weighted by Gasteiger charge is -2.17. The van der Waals surface area contributed by atoms with E-state index in [9.17, 15) is 0 Å². The van der Waals surface area contributed by atoms with Crippen LogP contribution in [0, 0.1) is 6.92 Å². The summed E-state index contributed by atoms with van der Waals surface area (Å²) in [6.45, 7) is 5.49. The predicted molar refractivity (Wildman–Crippen MR) is 82.3 cm³/mol. The molecule has 5 heteroatoms. The van der Waals surface area contributed by atoms with E-state index in [4.69, 9.17) is 16.3 Å². The zero-order chi connectivity index (χ0) is 14.5. The van der Waals surface area contributed by atoms with Crippen LogP contribution in [0.1, 0.15) is 24.2 Å². The van der Waals surface area contributed by atoms with Gasteiger partial charge in [-0.2, -0.15) is 0 Å². The van der Waals surface area contributed by atoms with Crippen molar-refractivity contribution in [3.05, 3.63) is 46.7 Å². The number of imidazole rings is 1. The minimum absolute atomic E-state index is 0.0896. The number of hydrogen-bond acceptors (Lipinski definition) is 3. The fourth-order valence-corrected chi connectivity index (χ4v) is 2.42. The van der Waals surface area contributed by atoms with Crippen LogP contribution in [-0.2, 0) is 11.3 Å². The van der Waals surface area contributed by atoms with E-state index in [0.29, 0.717) is 6.61 Å². The number of aryl methyl sites for hydroxylation is 1. The molecule has 0 amide bonds. The predicted octanol–water partition coefficient (Wildman–Crippen LogP) is 3.66. The molecule has 1 atom stereocenters. The maximum Gasteiger partial charge on any atom is 0.203 e. The van der Waals surface area contributed by atoms with Crippen molar-refractivity contribution in [2.75, 3.05) is 19.0 Å². The van der Waals surface area contributed by atoms with Gasteiger partial charge in [0.1, 0.15) is 0 Å². The number of anilines is 1. The van der Waals surface area contributed by atoms with Crippen molar-refractivity contribution in [1.29, 1.82) is 0 Å². The van der Waals surface area contributed by atoms with E-state index in [0.717, 1.165) is 28.8 Å². The molecule has 0 aliphatic rings. The topological polar surface area (TPSA) is 39.1 Å². The molecule has 20 heavy (non-hydrogen) atoms. The highest BCUT2D eigenvalue weighted by molar-refractivity contribution is 6.31. The number of nitrogens with one attached hydrogen (secondary N) is 1. The van der Waals surface area contributed by atoms with Crippen molar-refractivity contribution in [3.63, 3.8) is 0 Å². The summed E-state index contributed by atoms with van der Waals surface area (Å²) in [6, 6.07) is 7.93. The third kappa shape index (κ3) is 3.52. The summed E-state index contributed by atoms with van der Waals surface area (Å²) in [5.74, 6) is 0.840. The Morgan fingerprint density at radius 2 is 2.15 bits per heavy atom. The van der Waals surface area contributed by atoms with Gasteiger partial charge in [0.15, 0.2) is 0 Å². The number of hydrogen-bond donors (Lipinski definition) is 1. The molecule has 1 aromatic heterocycles. The molecule has 1 heterocycles. The zero-order valence-corrected chi connectivity index (χ0v) is 12.8. The van der Waals surface area contributed by atoms with Crippen LogP contribution in [0.2, 0.25) is 5.02 Å². The van der Waals surface area contributed by atoms with Crippen LogP contribution in [0.4, 0.5) is 5.95 Å². The summed E-state index contributed by atoms with van der Waals surface area (Å²) in [4.78, 5) is 4.51. The van der Waals surface area contributed by atoms with Gasteiger partial charge in [0.05, 0.1) is 18.3 Å². The molecule has 4 nitrogen and oxygen atoms in total. The van der Waals surface area contributed by atoms with Crippen LogP contribution in [0.15, 0.2) is 30.5 Å². The molecule has 2 aromatic rings. The Morgan fingerprint density at radius 1 is 1.40 bits per heavy atom. The second-order valence-electron chi connectivity index (χ2n) is 4.78. The first kappa shape index (κ1) is 14.9. The van der Waals surface area contributed by atoms with E-state index in [2.05, 4.69) is 21.8 Å². The molecule has 2 rings (SSSR count). The largest absolute Gasteiger partial charge is 0.383 e. The summed E-state index contributed by atoms with van der Waals surface area (Å²) < 4.78 is 7.18. The lowest BCUT2D eigenvalue weighted by atomic mass is 10.1. The van der Waals surface area contributed by atoms with E-state index in [-0.39, 0.29) is 6.04 Å². The monoisotopic (exact) mass is 293 g/mol. The molecule has 1 aromatic carbocycles. The van der Waals surface area contributed by atoms with Gasteiger partial charge in [-0.1, -0.05) is 29.8 Å². The third-order valence-corrected chi connectivity index (χ3v) is 3.49. The van der Waals surface area contributed by atoms with Gasteiger partial charge in [-0.3, -0.25) is 0 Å². The highest BCUT2D eigenvalue weighted by Gasteiger charge is 2.12. The SMILES string of the molecule is COCCn1cc(C)nc1NC(C)c1ccccc1Cl. The second-order valence-corrected chi connectivity index (χ2v) is 5.19. The molecule has 0 spiro atoms. The van der Waals surface area contributed by atoms with E-state index in [1.165, 1.54) is 0 Å². The first-order valence-corrected chi connectivity index (χ1v) is 7.03. The van der Waals surface area contributed by atoms with Gasteiger partial charge in [-0.15, -0.1) is 0 Å². The zero-order valence-electron chi connectivity index (χ0n) is 12.1. The van der Waals surface area contributed by atoms with E-state index < -0.39 is 0 Å². The van der Waals surface area contributed by atoms with Crippen molar-refractivity contribution in [3.8, 4) is 0 Å². The van der Waals surface area contributed by atoms with Crippen LogP contribution >= 0.6 is 11.6 Å². The first-order chi connectivity index (χ1) is 9.61. The third-order valence-electron chi connectivity index (χ3n) is 3.15.